The van der Waals surface area contributed by atoms with E-state index in [1.807, 2.05) is 22.8 Å². The highest BCUT2D eigenvalue weighted by molar-refractivity contribution is 5.92. The number of rotatable bonds is 6. The maximum absolute atomic E-state index is 12.9. The average molecular weight is 355 g/mol. The van der Waals surface area contributed by atoms with Crippen LogP contribution in [-0.4, -0.2) is 52.0 Å². The molecule has 3 rings (SSSR count). The highest BCUT2D eigenvalue weighted by Gasteiger charge is 2.24. The molecule has 1 atom stereocenters. The van der Waals surface area contributed by atoms with Crippen LogP contribution in [0.25, 0.3) is 0 Å². The molecule has 1 aliphatic rings. The lowest BCUT2D eigenvalue weighted by Crippen LogP contribution is -2.38. The summed E-state index contributed by atoms with van der Waals surface area (Å²) in [7, 11) is 1.87. The molecule has 1 aromatic carbocycles. The van der Waals surface area contributed by atoms with Gasteiger partial charge in [-0.05, 0) is 51.3 Å². The predicted molar refractivity (Wildman–Crippen MR) is 102 cm³/mol. The molecule has 1 amide bonds. The maximum atomic E-state index is 12.9. The fourth-order valence-electron chi connectivity index (χ4n) is 3.52. The zero-order chi connectivity index (χ0) is 18.5. The van der Waals surface area contributed by atoms with E-state index in [1.54, 1.807) is 0 Å². The van der Waals surface area contributed by atoms with E-state index in [-0.39, 0.29) is 11.9 Å². The van der Waals surface area contributed by atoms with Gasteiger partial charge in [0.05, 0.1) is 12.2 Å². The minimum absolute atomic E-state index is 0.0517. The van der Waals surface area contributed by atoms with Crippen LogP contribution in [0, 0.1) is 6.92 Å². The molecule has 0 radical (unpaired) electrons. The number of aryl methyl sites for hydroxylation is 1. The second-order valence-corrected chi connectivity index (χ2v) is 7.23. The number of aromatic nitrogens is 3. The molecule has 1 aliphatic heterocycles. The summed E-state index contributed by atoms with van der Waals surface area (Å²) in [5.74, 6) is -0.0517. The van der Waals surface area contributed by atoms with E-state index >= 15 is 0 Å². The number of hydrogen-bond acceptors (Lipinski definition) is 4. The summed E-state index contributed by atoms with van der Waals surface area (Å²) >= 11 is 0. The van der Waals surface area contributed by atoms with E-state index in [2.05, 4.69) is 53.7 Å². The van der Waals surface area contributed by atoms with Crippen LogP contribution >= 0.6 is 0 Å². The quantitative estimate of drug-likeness (QED) is 0.865. The van der Waals surface area contributed by atoms with Crippen LogP contribution in [0.15, 0.2) is 30.5 Å². The van der Waals surface area contributed by atoms with Gasteiger partial charge in [0, 0.05) is 13.1 Å². The van der Waals surface area contributed by atoms with Crippen molar-refractivity contribution in [2.75, 3.05) is 20.1 Å². The number of amides is 1. The van der Waals surface area contributed by atoms with Gasteiger partial charge in [-0.1, -0.05) is 42.0 Å². The first-order valence-electron chi connectivity index (χ1n) is 9.53. The summed E-state index contributed by atoms with van der Waals surface area (Å²) in [6.45, 7) is 6.18. The van der Waals surface area contributed by atoms with Gasteiger partial charge in [0.15, 0.2) is 5.69 Å². The highest BCUT2D eigenvalue weighted by Crippen LogP contribution is 2.18. The van der Waals surface area contributed by atoms with Crippen LogP contribution < -0.4 is 5.32 Å². The molecule has 0 saturated carbocycles. The zero-order valence-electron chi connectivity index (χ0n) is 16.0. The SMILES string of the molecule is CCC(Cc1ccc(C)cc1)N(C)C(=O)c1cn(C2CCNCC2)nn1. The molecule has 6 heteroatoms. The molecular formula is C20H29N5O. The molecule has 1 N–H and O–H groups in total. The Labute approximate surface area is 155 Å². The molecule has 140 valence electrons. The third-order valence-electron chi connectivity index (χ3n) is 5.34. The first kappa shape index (κ1) is 18.6. The van der Waals surface area contributed by atoms with Gasteiger partial charge in [0.1, 0.15) is 0 Å². The summed E-state index contributed by atoms with van der Waals surface area (Å²) in [5, 5.41) is 11.7. The van der Waals surface area contributed by atoms with Crippen LogP contribution in [0.4, 0.5) is 0 Å². The number of piperidine rings is 1. The molecule has 6 nitrogen and oxygen atoms in total. The topological polar surface area (TPSA) is 63.1 Å². The minimum atomic E-state index is -0.0517. The molecule has 1 unspecified atom stereocenters. The Morgan fingerprint density at radius 1 is 1.31 bits per heavy atom. The van der Waals surface area contributed by atoms with E-state index in [1.165, 1.54) is 11.1 Å². The Morgan fingerprint density at radius 2 is 2.00 bits per heavy atom. The predicted octanol–water partition coefficient (Wildman–Crippen LogP) is 2.60. The van der Waals surface area contributed by atoms with Crippen molar-refractivity contribution in [1.82, 2.24) is 25.2 Å². The van der Waals surface area contributed by atoms with E-state index in [0.29, 0.717) is 11.7 Å². The Bertz CT molecular complexity index is 718. The molecule has 0 bridgehead atoms. The van der Waals surface area contributed by atoms with Gasteiger partial charge in [0.2, 0.25) is 0 Å². The number of nitrogens with zero attached hydrogens (tertiary/aromatic N) is 4. The van der Waals surface area contributed by atoms with E-state index in [4.69, 9.17) is 0 Å². The van der Waals surface area contributed by atoms with Gasteiger partial charge in [-0.3, -0.25) is 4.79 Å². The summed E-state index contributed by atoms with van der Waals surface area (Å²) in [5.41, 5.74) is 2.94. The normalized spacial score (nSPS) is 16.4. The summed E-state index contributed by atoms with van der Waals surface area (Å²) in [6, 6.07) is 9.01. The number of carbonyl (C=O) groups is 1. The summed E-state index contributed by atoms with van der Waals surface area (Å²) in [4.78, 5) is 14.7. The number of carbonyl (C=O) groups excluding carboxylic acids is 1. The first-order valence-corrected chi connectivity index (χ1v) is 9.53. The van der Waals surface area contributed by atoms with Crippen molar-refractivity contribution in [3.8, 4) is 0 Å². The molecule has 0 spiro atoms. The van der Waals surface area contributed by atoms with Gasteiger partial charge < -0.3 is 10.2 Å². The van der Waals surface area contributed by atoms with Crippen molar-refractivity contribution in [3.63, 3.8) is 0 Å². The molecule has 1 aromatic heterocycles. The van der Waals surface area contributed by atoms with Crippen LogP contribution in [0.1, 0.15) is 53.8 Å². The fourth-order valence-corrected chi connectivity index (χ4v) is 3.52. The maximum Gasteiger partial charge on any atom is 0.276 e. The molecule has 26 heavy (non-hydrogen) atoms. The monoisotopic (exact) mass is 355 g/mol. The van der Waals surface area contributed by atoms with Gasteiger partial charge >= 0.3 is 0 Å². The van der Waals surface area contributed by atoms with Crippen molar-refractivity contribution in [2.24, 2.45) is 0 Å². The van der Waals surface area contributed by atoms with Gasteiger partial charge in [-0.2, -0.15) is 0 Å². The standard InChI is InChI=1S/C20H29N5O/c1-4-17(13-16-7-5-15(2)6-8-16)24(3)20(26)19-14-25(23-22-19)18-9-11-21-12-10-18/h5-8,14,17-18,21H,4,9-13H2,1-3H3. The largest absolute Gasteiger partial charge is 0.337 e. The first-order chi connectivity index (χ1) is 12.6. The Morgan fingerprint density at radius 3 is 2.65 bits per heavy atom. The molecule has 1 saturated heterocycles. The van der Waals surface area contributed by atoms with E-state index in [9.17, 15) is 4.79 Å². The van der Waals surface area contributed by atoms with Crippen LogP contribution in [0.5, 0.6) is 0 Å². The van der Waals surface area contributed by atoms with Crippen molar-refractivity contribution < 1.29 is 4.79 Å². The zero-order valence-corrected chi connectivity index (χ0v) is 16.0. The second-order valence-electron chi connectivity index (χ2n) is 7.23. The molecule has 2 aromatic rings. The van der Waals surface area contributed by atoms with Crippen molar-refractivity contribution in [3.05, 3.63) is 47.3 Å². The molecule has 2 heterocycles. The Balaban J connectivity index is 1.67. The van der Waals surface area contributed by atoms with E-state index in [0.717, 1.165) is 38.8 Å². The second kappa shape index (κ2) is 8.45. The Kier molecular flexibility index (Phi) is 6.04. The molecule has 1 fully saturated rings. The fraction of sp³-hybridized carbons (Fsp3) is 0.550. The smallest absolute Gasteiger partial charge is 0.276 e. The van der Waals surface area contributed by atoms with Gasteiger partial charge in [0.25, 0.3) is 5.91 Å². The lowest BCUT2D eigenvalue weighted by Gasteiger charge is -2.27. The summed E-state index contributed by atoms with van der Waals surface area (Å²) in [6.07, 6.45) is 5.61. The number of likely N-dealkylation sites (N-methyl/N-ethyl adjacent to an activating group) is 1. The number of benzene rings is 1. The molecular weight excluding hydrogens is 326 g/mol. The lowest BCUT2D eigenvalue weighted by atomic mass is 10.0. The van der Waals surface area contributed by atoms with Crippen LogP contribution in [0.3, 0.4) is 0 Å². The lowest BCUT2D eigenvalue weighted by molar-refractivity contribution is 0.0721. The number of nitrogens with one attached hydrogen (secondary N) is 1. The third-order valence-corrected chi connectivity index (χ3v) is 5.34. The van der Waals surface area contributed by atoms with Crippen LogP contribution in [0.2, 0.25) is 0 Å². The van der Waals surface area contributed by atoms with Crippen molar-refractivity contribution in [1.29, 1.82) is 0 Å². The van der Waals surface area contributed by atoms with Gasteiger partial charge in [-0.15, -0.1) is 5.10 Å². The minimum Gasteiger partial charge on any atom is -0.337 e. The van der Waals surface area contributed by atoms with Crippen molar-refractivity contribution in [2.45, 2.75) is 51.6 Å². The highest BCUT2D eigenvalue weighted by atomic mass is 16.2. The van der Waals surface area contributed by atoms with Crippen LogP contribution in [-0.2, 0) is 6.42 Å². The average Bonchev–Trinajstić information content (AvgIpc) is 3.17. The molecule has 0 aliphatic carbocycles. The third kappa shape index (κ3) is 4.30. The Hall–Kier alpha value is -2.21. The van der Waals surface area contributed by atoms with Crippen molar-refractivity contribution >= 4 is 5.91 Å². The summed E-state index contributed by atoms with van der Waals surface area (Å²) < 4.78 is 1.86. The van der Waals surface area contributed by atoms with Gasteiger partial charge in [-0.25, -0.2) is 4.68 Å². The number of hydrogen-bond donors (Lipinski definition) is 1. The van der Waals surface area contributed by atoms with E-state index < -0.39 is 0 Å².